The lowest BCUT2D eigenvalue weighted by Crippen LogP contribution is -2.27. The van der Waals surface area contributed by atoms with Crippen LogP contribution in [0.1, 0.15) is 24.0 Å². The first-order chi connectivity index (χ1) is 16.6. The molecular formula is C29H34N2O3. The van der Waals surface area contributed by atoms with Crippen molar-refractivity contribution in [2.75, 3.05) is 46.9 Å². The van der Waals surface area contributed by atoms with E-state index in [-0.39, 0.29) is 12.5 Å². The van der Waals surface area contributed by atoms with Gasteiger partial charge in [-0.05, 0) is 78.9 Å². The summed E-state index contributed by atoms with van der Waals surface area (Å²) < 4.78 is 11.6. The minimum atomic E-state index is -0.0546. The van der Waals surface area contributed by atoms with Crippen molar-refractivity contribution in [3.05, 3.63) is 83.9 Å². The van der Waals surface area contributed by atoms with Gasteiger partial charge >= 0.3 is 0 Å². The Morgan fingerprint density at radius 1 is 0.853 bits per heavy atom. The monoisotopic (exact) mass is 458 g/mol. The summed E-state index contributed by atoms with van der Waals surface area (Å²) in [7, 11) is 3.45. The van der Waals surface area contributed by atoms with Crippen molar-refractivity contribution in [3.63, 3.8) is 0 Å². The van der Waals surface area contributed by atoms with Crippen molar-refractivity contribution in [1.82, 2.24) is 9.80 Å². The molecule has 0 unspecified atom stereocenters. The zero-order chi connectivity index (χ0) is 23.8. The molecule has 0 saturated carbocycles. The molecule has 34 heavy (non-hydrogen) atoms. The van der Waals surface area contributed by atoms with Crippen molar-refractivity contribution in [1.29, 1.82) is 0 Å². The fourth-order valence-corrected chi connectivity index (χ4v) is 4.18. The Bertz CT molecular complexity index is 1060. The van der Waals surface area contributed by atoms with Crippen LogP contribution in [0.4, 0.5) is 0 Å². The number of hydrogen-bond acceptors (Lipinski definition) is 4. The minimum absolute atomic E-state index is 0.0488. The van der Waals surface area contributed by atoms with Crippen LogP contribution in [-0.4, -0.2) is 62.7 Å². The minimum Gasteiger partial charge on any atom is -0.492 e. The summed E-state index contributed by atoms with van der Waals surface area (Å²) in [5.74, 6) is 1.57. The molecule has 1 aliphatic heterocycles. The molecule has 178 valence electrons. The highest BCUT2D eigenvalue weighted by Crippen LogP contribution is 2.28. The molecule has 0 radical (unpaired) electrons. The van der Waals surface area contributed by atoms with Crippen LogP contribution in [-0.2, 0) is 11.2 Å². The van der Waals surface area contributed by atoms with E-state index in [1.54, 1.807) is 14.1 Å². The van der Waals surface area contributed by atoms with Crippen molar-refractivity contribution in [2.24, 2.45) is 0 Å². The van der Waals surface area contributed by atoms with Gasteiger partial charge in [0, 0.05) is 20.6 Å². The second-order valence-corrected chi connectivity index (χ2v) is 8.98. The highest BCUT2D eigenvalue weighted by Gasteiger charge is 2.11. The Hall–Kier alpha value is -3.31. The number of rotatable bonds is 10. The normalized spacial score (nSPS) is 13.6. The van der Waals surface area contributed by atoms with Crippen LogP contribution in [0, 0.1) is 0 Å². The van der Waals surface area contributed by atoms with Gasteiger partial charge in [0.05, 0.1) is 0 Å². The number of likely N-dealkylation sites (tertiary alicyclic amines) is 1. The van der Waals surface area contributed by atoms with Gasteiger partial charge in [0.25, 0.3) is 5.91 Å². The van der Waals surface area contributed by atoms with Crippen LogP contribution in [0.3, 0.4) is 0 Å². The molecule has 1 saturated heterocycles. The van der Waals surface area contributed by atoms with E-state index in [4.69, 9.17) is 9.47 Å². The lowest BCUT2D eigenvalue weighted by Gasteiger charge is -2.15. The van der Waals surface area contributed by atoms with Gasteiger partial charge in [-0.1, -0.05) is 48.5 Å². The van der Waals surface area contributed by atoms with Gasteiger partial charge in [0.1, 0.15) is 18.1 Å². The summed E-state index contributed by atoms with van der Waals surface area (Å²) in [5, 5.41) is 0. The third-order valence-electron chi connectivity index (χ3n) is 6.24. The molecule has 0 atom stereocenters. The Kier molecular flexibility index (Phi) is 8.21. The summed E-state index contributed by atoms with van der Waals surface area (Å²) in [6, 6.07) is 24.9. The number of nitrogens with zero attached hydrogens (tertiary/aromatic N) is 2. The molecule has 5 nitrogen and oxygen atoms in total. The summed E-state index contributed by atoms with van der Waals surface area (Å²) in [5.41, 5.74) is 4.87. The maximum atomic E-state index is 11.7. The zero-order valence-corrected chi connectivity index (χ0v) is 20.2. The maximum absolute atomic E-state index is 11.7. The maximum Gasteiger partial charge on any atom is 0.259 e. The number of ether oxygens (including phenoxy) is 2. The van der Waals surface area contributed by atoms with Crippen LogP contribution in [0.25, 0.3) is 11.1 Å². The molecule has 0 aliphatic carbocycles. The smallest absolute Gasteiger partial charge is 0.259 e. The average molecular weight is 459 g/mol. The van der Waals surface area contributed by atoms with E-state index in [9.17, 15) is 4.79 Å². The molecule has 3 aromatic carbocycles. The first kappa shape index (κ1) is 23.8. The highest BCUT2D eigenvalue weighted by molar-refractivity contribution is 5.77. The van der Waals surface area contributed by atoms with Crippen molar-refractivity contribution in [3.8, 4) is 22.6 Å². The van der Waals surface area contributed by atoms with Crippen LogP contribution in [0.5, 0.6) is 11.5 Å². The summed E-state index contributed by atoms with van der Waals surface area (Å²) in [4.78, 5) is 15.7. The SMILES string of the molecule is CN(C)C(=O)COc1ccc(Cc2ccccc2-c2ccc(OCCN3CCCC3)cc2)cc1. The molecule has 1 aliphatic rings. The quantitative estimate of drug-likeness (QED) is 0.434. The number of amides is 1. The molecule has 0 spiro atoms. The Balaban J connectivity index is 1.36. The molecule has 0 N–H and O–H groups in total. The van der Waals surface area contributed by atoms with E-state index in [0.29, 0.717) is 5.75 Å². The number of likely N-dealkylation sites (N-methyl/N-ethyl adjacent to an activating group) is 1. The standard InChI is InChI=1S/C29H34N2O3/c1-30(2)29(32)22-34-27-13-9-23(10-14-27)21-25-7-3-4-8-28(25)24-11-15-26(16-12-24)33-20-19-31-17-5-6-18-31/h3-4,7-16H,5-6,17-22H2,1-2H3. The number of carbonyl (C=O) groups is 1. The van der Waals surface area contributed by atoms with Crippen LogP contribution >= 0.6 is 0 Å². The van der Waals surface area contributed by atoms with Crippen LogP contribution in [0.2, 0.25) is 0 Å². The largest absolute Gasteiger partial charge is 0.492 e. The number of carbonyl (C=O) groups excluding carboxylic acids is 1. The second-order valence-electron chi connectivity index (χ2n) is 8.98. The van der Waals surface area contributed by atoms with Gasteiger partial charge in [0.2, 0.25) is 0 Å². The molecule has 5 heteroatoms. The van der Waals surface area contributed by atoms with E-state index < -0.39 is 0 Å². The van der Waals surface area contributed by atoms with Crippen LogP contribution < -0.4 is 9.47 Å². The van der Waals surface area contributed by atoms with E-state index >= 15 is 0 Å². The third-order valence-corrected chi connectivity index (χ3v) is 6.24. The van der Waals surface area contributed by atoms with Gasteiger partial charge in [-0.25, -0.2) is 0 Å². The van der Waals surface area contributed by atoms with E-state index in [2.05, 4.69) is 65.6 Å². The Morgan fingerprint density at radius 3 is 2.21 bits per heavy atom. The Morgan fingerprint density at radius 2 is 1.50 bits per heavy atom. The summed E-state index contributed by atoms with van der Waals surface area (Å²) in [6.07, 6.45) is 3.44. The predicted molar refractivity (Wildman–Crippen MR) is 136 cm³/mol. The van der Waals surface area contributed by atoms with Gasteiger partial charge < -0.3 is 14.4 Å². The molecule has 1 heterocycles. The zero-order valence-electron chi connectivity index (χ0n) is 20.2. The lowest BCUT2D eigenvalue weighted by atomic mass is 9.95. The molecule has 0 bridgehead atoms. The summed E-state index contributed by atoms with van der Waals surface area (Å²) in [6.45, 7) is 4.18. The van der Waals surface area contributed by atoms with E-state index in [0.717, 1.165) is 25.3 Å². The molecule has 0 aromatic heterocycles. The topological polar surface area (TPSA) is 42.0 Å². The van der Waals surface area contributed by atoms with Gasteiger partial charge in [-0.3, -0.25) is 9.69 Å². The third kappa shape index (κ3) is 6.61. The first-order valence-electron chi connectivity index (χ1n) is 12.0. The number of hydrogen-bond donors (Lipinski definition) is 0. The fraction of sp³-hybridized carbons (Fsp3) is 0.345. The molecule has 1 amide bonds. The van der Waals surface area contributed by atoms with Crippen LogP contribution in [0.15, 0.2) is 72.8 Å². The predicted octanol–water partition coefficient (Wildman–Crippen LogP) is 4.89. The molecule has 4 rings (SSSR count). The highest BCUT2D eigenvalue weighted by atomic mass is 16.5. The molecular weight excluding hydrogens is 424 g/mol. The summed E-state index contributed by atoms with van der Waals surface area (Å²) >= 11 is 0. The van der Waals surface area contributed by atoms with Crippen molar-refractivity contribution >= 4 is 5.91 Å². The van der Waals surface area contributed by atoms with Crippen molar-refractivity contribution < 1.29 is 14.3 Å². The average Bonchev–Trinajstić information content (AvgIpc) is 3.38. The molecule has 3 aromatic rings. The second kappa shape index (κ2) is 11.7. The fourth-order valence-electron chi connectivity index (χ4n) is 4.18. The van der Waals surface area contributed by atoms with E-state index in [1.807, 2.05) is 12.1 Å². The van der Waals surface area contributed by atoms with Crippen molar-refractivity contribution in [2.45, 2.75) is 19.3 Å². The Labute approximate surface area is 202 Å². The van der Waals surface area contributed by atoms with Gasteiger partial charge in [-0.15, -0.1) is 0 Å². The first-order valence-corrected chi connectivity index (χ1v) is 12.0. The number of benzene rings is 3. The van der Waals surface area contributed by atoms with Gasteiger partial charge in [0.15, 0.2) is 6.61 Å². The van der Waals surface area contributed by atoms with Gasteiger partial charge in [-0.2, -0.15) is 0 Å². The molecule has 1 fully saturated rings. The van der Waals surface area contributed by atoms with E-state index in [1.165, 1.54) is 53.1 Å². The lowest BCUT2D eigenvalue weighted by molar-refractivity contribution is -0.130.